The van der Waals surface area contributed by atoms with Crippen molar-refractivity contribution in [3.63, 3.8) is 0 Å². The van der Waals surface area contributed by atoms with Gasteiger partial charge in [0.25, 0.3) is 0 Å². The second kappa shape index (κ2) is 7.95. The molecule has 2 aromatic rings. The third-order valence-electron chi connectivity index (χ3n) is 4.38. The van der Waals surface area contributed by atoms with Crippen LogP contribution in [-0.4, -0.2) is 47.6 Å². The molecule has 129 valence electrons. The molecule has 0 aromatic carbocycles. The molecule has 1 fully saturated rings. The zero-order valence-electron chi connectivity index (χ0n) is 13.1. The first-order valence-electron chi connectivity index (χ1n) is 7.27. The maximum atomic E-state index is 10.9. The van der Waals surface area contributed by atoms with Crippen LogP contribution in [0, 0.1) is 25.1 Å². The Bertz CT molecular complexity index is 751. The second-order valence-electron chi connectivity index (χ2n) is 5.85. The van der Waals surface area contributed by atoms with Gasteiger partial charge in [0.15, 0.2) is 0 Å². The summed E-state index contributed by atoms with van der Waals surface area (Å²) < 4.78 is 17.4. The van der Waals surface area contributed by atoms with Gasteiger partial charge < -0.3 is 29.4 Å². The minimum Gasteiger partial charge on any atom is -0.396 e. The number of imidazole rings is 1. The molecule has 9 nitrogen and oxygen atoms in total. The normalized spacial score (nSPS) is 24.2. The van der Waals surface area contributed by atoms with Crippen LogP contribution in [0.3, 0.4) is 0 Å². The summed E-state index contributed by atoms with van der Waals surface area (Å²) >= 11 is 0. The third kappa shape index (κ3) is 4.27. The summed E-state index contributed by atoms with van der Waals surface area (Å²) in [5.41, 5.74) is 2.13. The van der Waals surface area contributed by atoms with Crippen molar-refractivity contribution in [1.29, 1.82) is 0 Å². The van der Waals surface area contributed by atoms with Gasteiger partial charge in [-0.1, -0.05) is 6.92 Å². The third-order valence-corrected chi connectivity index (χ3v) is 4.87. The maximum absolute atomic E-state index is 10.9. The molecule has 2 heterocycles. The number of aryl methyl sites for hydroxylation is 1. The Morgan fingerprint density at radius 3 is 2.75 bits per heavy atom. The summed E-state index contributed by atoms with van der Waals surface area (Å²) in [6.45, 7) is 1.69. The van der Waals surface area contributed by atoms with Gasteiger partial charge in [0.05, 0.1) is 12.9 Å². The zero-order valence-corrected chi connectivity index (χ0v) is 16.8. The number of fused-ring (bicyclic) bond motifs is 1. The summed E-state index contributed by atoms with van der Waals surface area (Å²) in [4.78, 5) is 30.2. The number of nitrogens with zero attached hydrogens (tertiary/aromatic N) is 4. The Balaban J connectivity index is 0.00000208. The number of aromatic nitrogens is 4. The second-order valence-corrected chi connectivity index (χ2v) is 7.09. The molecular formula is C13H18N4O5PY-. The largest absolute Gasteiger partial charge is 0.469 e. The molecule has 0 amide bonds. The smallest absolute Gasteiger partial charge is 0.396 e. The number of aliphatic hydroxyl groups excluding tert-OH is 1. The van der Waals surface area contributed by atoms with Crippen LogP contribution in [0.15, 0.2) is 6.33 Å². The van der Waals surface area contributed by atoms with Crippen LogP contribution in [0.2, 0.25) is 0 Å². The Hall–Kier alpha value is -0.276. The SMILES string of the molecule is Cc1n[c-]nc2c1ncn2[C@H]1C[C@@H](COP(=O)(O)O)[C@@H](CO)C1.[Y]. The fourth-order valence-corrected chi connectivity index (χ4v) is 3.60. The van der Waals surface area contributed by atoms with Crippen LogP contribution >= 0.6 is 7.82 Å². The Kier molecular flexibility index (Phi) is 6.64. The molecule has 1 aliphatic rings. The molecule has 3 atom stereocenters. The molecule has 0 bridgehead atoms. The van der Waals surface area contributed by atoms with Crippen molar-refractivity contribution in [3.8, 4) is 0 Å². The molecule has 0 spiro atoms. The van der Waals surface area contributed by atoms with E-state index < -0.39 is 7.82 Å². The van der Waals surface area contributed by atoms with E-state index in [0.29, 0.717) is 24.0 Å². The first-order chi connectivity index (χ1) is 10.9. The molecule has 24 heavy (non-hydrogen) atoms. The van der Waals surface area contributed by atoms with Crippen molar-refractivity contribution in [3.05, 3.63) is 18.3 Å². The van der Waals surface area contributed by atoms with Gasteiger partial charge in [-0.25, -0.2) is 4.57 Å². The van der Waals surface area contributed by atoms with Gasteiger partial charge in [-0.15, -0.1) is 0 Å². The number of rotatable bonds is 5. The molecule has 2 aromatic heterocycles. The van der Waals surface area contributed by atoms with Gasteiger partial charge in [0.2, 0.25) is 0 Å². The summed E-state index contributed by atoms with van der Waals surface area (Å²) in [5.74, 6) is -0.224. The first kappa shape index (κ1) is 20.0. The van der Waals surface area contributed by atoms with Gasteiger partial charge in [-0.2, -0.15) is 0 Å². The van der Waals surface area contributed by atoms with Crippen molar-refractivity contribution in [2.45, 2.75) is 25.8 Å². The average molecular weight is 430 g/mol. The van der Waals surface area contributed by atoms with Crippen LogP contribution < -0.4 is 0 Å². The van der Waals surface area contributed by atoms with Crippen LogP contribution in [0.5, 0.6) is 0 Å². The van der Waals surface area contributed by atoms with Gasteiger partial charge >= 0.3 is 7.82 Å². The molecule has 0 aliphatic heterocycles. The molecule has 1 radical (unpaired) electrons. The molecule has 3 N–H and O–H groups in total. The van der Waals surface area contributed by atoms with E-state index in [9.17, 15) is 9.67 Å². The Morgan fingerprint density at radius 2 is 2.08 bits per heavy atom. The van der Waals surface area contributed by atoms with Crippen molar-refractivity contribution < 1.29 is 56.7 Å². The summed E-state index contributed by atoms with van der Waals surface area (Å²) in [6, 6.07) is 0.0326. The number of hydrogen-bond donors (Lipinski definition) is 3. The predicted octanol–water partition coefficient (Wildman–Crippen LogP) is 0.601. The van der Waals surface area contributed by atoms with E-state index in [1.54, 1.807) is 6.33 Å². The predicted molar refractivity (Wildman–Crippen MR) is 79.2 cm³/mol. The van der Waals surface area contributed by atoms with Gasteiger partial charge in [-0.05, 0) is 30.4 Å². The topological polar surface area (TPSA) is 131 Å². The van der Waals surface area contributed by atoms with Crippen LogP contribution in [0.25, 0.3) is 11.2 Å². The van der Waals surface area contributed by atoms with Crippen molar-refractivity contribution >= 4 is 19.0 Å². The van der Waals surface area contributed by atoms with Crippen molar-refractivity contribution in [2.24, 2.45) is 11.8 Å². The van der Waals surface area contributed by atoms with Crippen LogP contribution in [0.1, 0.15) is 24.6 Å². The van der Waals surface area contributed by atoms with Gasteiger partial charge in [0.1, 0.15) is 0 Å². The molecule has 1 aliphatic carbocycles. The minimum absolute atomic E-state index is 0. The monoisotopic (exact) mass is 430 g/mol. The number of aliphatic hydroxyl groups is 1. The molecular weight excluding hydrogens is 412 g/mol. The van der Waals surface area contributed by atoms with Gasteiger partial charge in [0, 0.05) is 62.8 Å². The molecule has 1 saturated carbocycles. The number of hydrogen-bond acceptors (Lipinski definition) is 6. The van der Waals surface area contributed by atoms with E-state index in [0.717, 1.165) is 5.69 Å². The number of phosphoric ester groups is 1. The van der Waals surface area contributed by atoms with Crippen molar-refractivity contribution in [1.82, 2.24) is 19.5 Å². The molecule has 0 unspecified atom stereocenters. The van der Waals surface area contributed by atoms with E-state index in [1.165, 1.54) is 0 Å². The van der Waals surface area contributed by atoms with Crippen LogP contribution in [0.4, 0.5) is 0 Å². The van der Waals surface area contributed by atoms with Gasteiger partial charge in [-0.3, -0.25) is 9.51 Å². The summed E-state index contributed by atoms with van der Waals surface area (Å²) in [6.07, 6.45) is 5.57. The molecule has 0 saturated heterocycles. The fraction of sp³-hybridized carbons (Fsp3) is 0.615. The maximum Gasteiger partial charge on any atom is 0.469 e. The van der Waals surface area contributed by atoms with Crippen molar-refractivity contribution in [2.75, 3.05) is 13.2 Å². The van der Waals surface area contributed by atoms with Crippen LogP contribution in [-0.2, 0) is 41.8 Å². The van der Waals surface area contributed by atoms with E-state index >= 15 is 0 Å². The Labute approximate surface area is 164 Å². The van der Waals surface area contributed by atoms with E-state index in [2.05, 4.69) is 25.8 Å². The minimum atomic E-state index is -4.51. The average Bonchev–Trinajstić information content (AvgIpc) is 3.08. The summed E-state index contributed by atoms with van der Waals surface area (Å²) in [7, 11) is -4.51. The Morgan fingerprint density at radius 1 is 1.38 bits per heavy atom. The molecule has 11 heteroatoms. The van der Waals surface area contributed by atoms with E-state index in [-0.39, 0.29) is 63.8 Å². The zero-order chi connectivity index (χ0) is 16.6. The number of phosphoric acid groups is 1. The first-order valence-corrected chi connectivity index (χ1v) is 8.80. The quantitative estimate of drug-likeness (QED) is 0.465. The van der Waals surface area contributed by atoms with E-state index in [1.807, 2.05) is 11.5 Å². The standard InChI is InChI=1S/C13H18N4O5P.Y/c1-8-12-13(15-6-14-8)17(7-16-12)11-2-9(4-18)10(3-11)5-22-23(19,20)21;/h7,9-11,18H,2-5H2,1H3,(H2,19,20,21);/q-1;/t9-,10+,11-;/m1./s1. The van der Waals surface area contributed by atoms with E-state index in [4.69, 9.17) is 9.79 Å². The summed E-state index contributed by atoms with van der Waals surface area (Å²) in [5, 5.41) is 9.53. The molecule has 3 rings (SSSR count). The fourth-order valence-electron chi connectivity index (χ4n) is 3.22.